The summed E-state index contributed by atoms with van der Waals surface area (Å²) in [6.45, 7) is 7.65. The molecule has 0 radical (unpaired) electrons. The molecule has 1 fully saturated rings. The molecule has 4 rings (SSSR count). The Hall–Kier alpha value is -1.87. The Morgan fingerprint density at radius 2 is 2.04 bits per heavy atom. The first-order valence-electron chi connectivity index (χ1n) is 8.97. The Morgan fingerprint density at radius 3 is 2.79 bits per heavy atom. The molecule has 3 heterocycles. The number of benzene rings is 1. The molecule has 3 unspecified atom stereocenters. The van der Waals surface area contributed by atoms with Gasteiger partial charge in [0, 0.05) is 30.0 Å². The van der Waals surface area contributed by atoms with Crippen LogP contribution >= 0.6 is 0 Å². The van der Waals surface area contributed by atoms with Crippen LogP contribution < -0.4 is 5.32 Å². The highest BCUT2D eigenvalue weighted by atomic mass is 16.5. The molecule has 2 aliphatic rings. The molecule has 126 valence electrons. The van der Waals surface area contributed by atoms with Crippen LogP contribution in [0.15, 0.2) is 42.6 Å². The maximum atomic E-state index is 6.26. The van der Waals surface area contributed by atoms with Gasteiger partial charge in [-0.05, 0) is 42.0 Å². The number of nitrogens with zero attached hydrogens (tertiary/aromatic N) is 1. The van der Waals surface area contributed by atoms with Crippen molar-refractivity contribution in [2.24, 2.45) is 5.92 Å². The van der Waals surface area contributed by atoms with Gasteiger partial charge in [0.2, 0.25) is 0 Å². The molecule has 0 bridgehead atoms. The monoisotopic (exact) mass is 322 g/mol. The fourth-order valence-electron chi connectivity index (χ4n) is 3.99. The van der Waals surface area contributed by atoms with Gasteiger partial charge in [0.05, 0.1) is 17.8 Å². The summed E-state index contributed by atoms with van der Waals surface area (Å²) in [5.74, 6) is 0.441. The van der Waals surface area contributed by atoms with E-state index in [0.29, 0.717) is 5.92 Å². The predicted molar refractivity (Wildman–Crippen MR) is 97.2 cm³/mol. The van der Waals surface area contributed by atoms with Crippen LogP contribution in [-0.4, -0.2) is 11.6 Å². The van der Waals surface area contributed by atoms with E-state index < -0.39 is 0 Å². The number of ether oxygens (including phenoxy) is 1. The second-order valence-corrected chi connectivity index (χ2v) is 8.03. The largest absolute Gasteiger partial charge is 0.376 e. The highest BCUT2D eigenvalue weighted by molar-refractivity contribution is 5.58. The minimum Gasteiger partial charge on any atom is -0.376 e. The molecule has 3 atom stereocenters. The topological polar surface area (TPSA) is 34.1 Å². The van der Waals surface area contributed by atoms with Crippen molar-refractivity contribution in [1.82, 2.24) is 4.98 Å². The molecule has 1 aromatic heterocycles. The number of fused-ring (bicyclic) bond motifs is 3. The third-order valence-corrected chi connectivity index (χ3v) is 5.34. The Labute approximate surface area is 144 Å². The van der Waals surface area contributed by atoms with E-state index in [2.05, 4.69) is 61.4 Å². The van der Waals surface area contributed by atoms with E-state index in [4.69, 9.17) is 4.74 Å². The summed E-state index contributed by atoms with van der Waals surface area (Å²) < 4.78 is 6.26. The lowest BCUT2D eigenvalue weighted by molar-refractivity contribution is -0.0386. The number of rotatable bonds is 1. The van der Waals surface area contributed by atoms with E-state index >= 15 is 0 Å². The number of hydrogen-bond acceptors (Lipinski definition) is 3. The molecule has 3 heteroatoms. The van der Waals surface area contributed by atoms with Crippen molar-refractivity contribution in [2.75, 3.05) is 11.9 Å². The van der Waals surface area contributed by atoms with Crippen LogP contribution in [0, 0.1) is 5.92 Å². The van der Waals surface area contributed by atoms with Crippen molar-refractivity contribution in [2.45, 2.75) is 51.2 Å². The summed E-state index contributed by atoms with van der Waals surface area (Å²) in [6, 6.07) is 13.2. The van der Waals surface area contributed by atoms with Gasteiger partial charge in [-0.2, -0.15) is 0 Å². The minimum absolute atomic E-state index is 0.150. The number of nitrogens with one attached hydrogen (secondary N) is 1. The van der Waals surface area contributed by atoms with Crippen molar-refractivity contribution in [1.29, 1.82) is 0 Å². The van der Waals surface area contributed by atoms with Crippen LogP contribution in [0.4, 0.5) is 5.69 Å². The molecular weight excluding hydrogens is 296 g/mol. The lowest BCUT2D eigenvalue weighted by Crippen LogP contribution is -2.36. The summed E-state index contributed by atoms with van der Waals surface area (Å²) >= 11 is 0. The van der Waals surface area contributed by atoms with E-state index in [9.17, 15) is 0 Å². The van der Waals surface area contributed by atoms with Gasteiger partial charge >= 0.3 is 0 Å². The molecule has 0 aliphatic carbocycles. The fourth-order valence-corrected chi connectivity index (χ4v) is 3.99. The SMILES string of the molecule is CC(C)(C)c1ccc2c(c1)C1OCCCC1C(c1ccccn1)N2. The fraction of sp³-hybridized carbons (Fsp3) is 0.476. The van der Waals surface area contributed by atoms with Gasteiger partial charge < -0.3 is 10.1 Å². The molecule has 0 amide bonds. The zero-order chi connectivity index (χ0) is 16.7. The first-order valence-corrected chi connectivity index (χ1v) is 8.97. The van der Waals surface area contributed by atoms with Gasteiger partial charge in [0.15, 0.2) is 0 Å². The quantitative estimate of drug-likeness (QED) is 0.801. The molecule has 2 aliphatic heterocycles. The third-order valence-electron chi connectivity index (χ3n) is 5.34. The molecule has 0 spiro atoms. The van der Waals surface area contributed by atoms with Gasteiger partial charge in [-0.3, -0.25) is 4.98 Å². The Morgan fingerprint density at radius 1 is 1.17 bits per heavy atom. The lowest BCUT2D eigenvalue weighted by Gasteiger charge is -2.43. The number of hydrogen-bond donors (Lipinski definition) is 1. The zero-order valence-corrected chi connectivity index (χ0v) is 14.8. The van der Waals surface area contributed by atoms with Crippen LogP contribution in [0.1, 0.15) is 62.6 Å². The predicted octanol–water partition coefficient (Wildman–Crippen LogP) is 5.01. The lowest BCUT2D eigenvalue weighted by atomic mass is 9.76. The average Bonchev–Trinajstić information content (AvgIpc) is 2.60. The molecule has 0 saturated carbocycles. The zero-order valence-electron chi connectivity index (χ0n) is 14.8. The van der Waals surface area contributed by atoms with Gasteiger partial charge in [0.1, 0.15) is 0 Å². The summed E-state index contributed by atoms with van der Waals surface area (Å²) in [4.78, 5) is 4.61. The Kier molecular flexibility index (Phi) is 3.84. The van der Waals surface area contributed by atoms with E-state index in [0.717, 1.165) is 18.7 Å². The smallest absolute Gasteiger partial charge is 0.0896 e. The summed E-state index contributed by atoms with van der Waals surface area (Å²) in [6.07, 6.45) is 4.36. The standard InChI is InChI=1S/C21H26N2O/c1-21(2,3)14-9-10-17-16(13-14)20-15(7-6-12-24-20)19(23-17)18-8-4-5-11-22-18/h4-5,8-11,13,15,19-20,23H,6-7,12H2,1-3H3. The van der Waals surface area contributed by atoms with Crippen LogP contribution in [0.2, 0.25) is 0 Å². The molecule has 2 aromatic rings. The van der Waals surface area contributed by atoms with Gasteiger partial charge in [0.25, 0.3) is 0 Å². The van der Waals surface area contributed by atoms with Crippen LogP contribution in [0.5, 0.6) is 0 Å². The van der Waals surface area contributed by atoms with Gasteiger partial charge in [-0.1, -0.05) is 39.0 Å². The maximum absolute atomic E-state index is 6.26. The highest BCUT2D eigenvalue weighted by Gasteiger charge is 2.40. The Bertz CT molecular complexity index is 720. The molecule has 1 aromatic carbocycles. The van der Waals surface area contributed by atoms with Crippen molar-refractivity contribution < 1.29 is 4.74 Å². The van der Waals surface area contributed by atoms with E-state index in [-0.39, 0.29) is 17.6 Å². The van der Waals surface area contributed by atoms with Crippen molar-refractivity contribution in [3.05, 3.63) is 59.4 Å². The van der Waals surface area contributed by atoms with Crippen molar-refractivity contribution >= 4 is 5.69 Å². The minimum atomic E-state index is 0.150. The normalized spacial score (nSPS) is 26.2. The maximum Gasteiger partial charge on any atom is 0.0896 e. The van der Waals surface area contributed by atoms with E-state index in [1.807, 2.05) is 12.3 Å². The van der Waals surface area contributed by atoms with Crippen molar-refractivity contribution in [3.63, 3.8) is 0 Å². The number of anilines is 1. The molecule has 24 heavy (non-hydrogen) atoms. The first-order chi connectivity index (χ1) is 11.5. The number of pyridine rings is 1. The molecular formula is C21H26N2O. The van der Waals surface area contributed by atoms with Crippen LogP contribution in [-0.2, 0) is 10.2 Å². The second-order valence-electron chi connectivity index (χ2n) is 8.03. The summed E-state index contributed by atoms with van der Waals surface area (Å²) in [7, 11) is 0. The van der Waals surface area contributed by atoms with Crippen LogP contribution in [0.3, 0.4) is 0 Å². The second kappa shape index (κ2) is 5.89. The highest BCUT2D eigenvalue weighted by Crippen LogP contribution is 2.49. The van der Waals surface area contributed by atoms with Crippen molar-refractivity contribution in [3.8, 4) is 0 Å². The van der Waals surface area contributed by atoms with Crippen LogP contribution in [0.25, 0.3) is 0 Å². The first kappa shape index (κ1) is 15.6. The van der Waals surface area contributed by atoms with E-state index in [1.165, 1.54) is 23.2 Å². The average molecular weight is 322 g/mol. The molecule has 1 saturated heterocycles. The molecule has 3 nitrogen and oxygen atoms in total. The third kappa shape index (κ3) is 2.71. The summed E-state index contributed by atoms with van der Waals surface area (Å²) in [5, 5.41) is 3.75. The Balaban J connectivity index is 1.77. The molecule has 1 N–H and O–H groups in total. The van der Waals surface area contributed by atoms with Gasteiger partial charge in [-0.25, -0.2) is 0 Å². The number of aromatic nitrogens is 1. The summed E-state index contributed by atoms with van der Waals surface area (Å²) in [5.41, 5.74) is 5.15. The van der Waals surface area contributed by atoms with E-state index in [1.54, 1.807) is 0 Å². The van der Waals surface area contributed by atoms with Gasteiger partial charge in [-0.15, -0.1) is 0 Å².